The number of aromatic nitrogens is 2. The Morgan fingerprint density at radius 3 is 2.71 bits per heavy atom. The van der Waals surface area contributed by atoms with Gasteiger partial charge in [0.2, 0.25) is 5.28 Å². The largest absolute Gasteiger partial charge is 0.339 e. The molecule has 0 aliphatic heterocycles. The molecule has 2 aromatic rings. The van der Waals surface area contributed by atoms with Crippen molar-refractivity contribution in [3.05, 3.63) is 44.6 Å². The van der Waals surface area contributed by atoms with E-state index in [9.17, 15) is 4.39 Å². The van der Waals surface area contributed by atoms with Gasteiger partial charge in [0.25, 0.3) is 0 Å². The smallest absolute Gasteiger partial charge is 0.224 e. The van der Waals surface area contributed by atoms with Crippen molar-refractivity contribution in [1.82, 2.24) is 9.97 Å². The van der Waals surface area contributed by atoms with Crippen LogP contribution in [-0.4, -0.2) is 9.97 Å². The summed E-state index contributed by atoms with van der Waals surface area (Å²) in [6.07, 6.45) is 0. The first-order chi connectivity index (χ1) is 8.04. The van der Waals surface area contributed by atoms with Crippen LogP contribution in [0.15, 0.2) is 24.3 Å². The zero-order valence-corrected chi connectivity index (χ0v) is 11.8. The monoisotopic (exact) mass is 363 g/mol. The second-order valence-corrected chi connectivity index (χ2v) is 4.91. The molecule has 1 N–H and O–H groups in total. The Morgan fingerprint density at radius 1 is 1.29 bits per heavy atom. The van der Waals surface area contributed by atoms with Crippen LogP contribution in [0.4, 0.5) is 15.9 Å². The summed E-state index contributed by atoms with van der Waals surface area (Å²) in [5.74, 6) is 0.323. The molecule has 0 amide bonds. The molecule has 3 nitrogen and oxygen atoms in total. The highest BCUT2D eigenvalue weighted by Gasteiger charge is 2.04. The van der Waals surface area contributed by atoms with Crippen LogP contribution in [0.1, 0.15) is 5.69 Å². The molecule has 6 heteroatoms. The molecule has 88 valence electrons. The summed E-state index contributed by atoms with van der Waals surface area (Å²) in [5.41, 5.74) is 1.55. The second kappa shape index (κ2) is 5.14. The Labute approximate surface area is 117 Å². The minimum Gasteiger partial charge on any atom is -0.339 e. The van der Waals surface area contributed by atoms with Gasteiger partial charge >= 0.3 is 0 Å². The third kappa shape index (κ3) is 3.26. The average molecular weight is 364 g/mol. The van der Waals surface area contributed by atoms with Crippen LogP contribution in [0.5, 0.6) is 0 Å². The number of aryl methyl sites for hydroxylation is 1. The van der Waals surface area contributed by atoms with Crippen molar-refractivity contribution in [3.63, 3.8) is 0 Å². The normalized spacial score (nSPS) is 10.4. The van der Waals surface area contributed by atoms with Gasteiger partial charge < -0.3 is 5.32 Å². The van der Waals surface area contributed by atoms with E-state index < -0.39 is 0 Å². The molecular weight excluding hydrogens is 355 g/mol. The van der Waals surface area contributed by atoms with Crippen LogP contribution < -0.4 is 5.32 Å². The molecule has 0 radical (unpaired) electrons. The number of nitrogens with one attached hydrogen (secondary N) is 1. The van der Waals surface area contributed by atoms with Gasteiger partial charge in [0.15, 0.2) is 0 Å². The summed E-state index contributed by atoms with van der Waals surface area (Å²) in [7, 11) is 0. The van der Waals surface area contributed by atoms with Crippen LogP contribution in [0, 0.1) is 16.3 Å². The van der Waals surface area contributed by atoms with Gasteiger partial charge in [-0.3, -0.25) is 0 Å². The molecule has 0 saturated heterocycles. The Hall–Kier alpha value is -0.950. The van der Waals surface area contributed by atoms with Crippen molar-refractivity contribution in [3.8, 4) is 0 Å². The number of halogens is 3. The van der Waals surface area contributed by atoms with Crippen molar-refractivity contribution < 1.29 is 4.39 Å². The van der Waals surface area contributed by atoms with Crippen molar-refractivity contribution in [1.29, 1.82) is 0 Å². The lowest BCUT2D eigenvalue weighted by atomic mass is 10.3. The summed E-state index contributed by atoms with van der Waals surface area (Å²) in [4.78, 5) is 8.00. The fourth-order valence-electron chi connectivity index (χ4n) is 1.33. The molecule has 17 heavy (non-hydrogen) atoms. The molecule has 1 heterocycles. The zero-order valence-electron chi connectivity index (χ0n) is 8.84. The summed E-state index contributed by atoms with van der Waals surface area (Å²) in [5, 5.41) is 3.26. The molecule has 0 atom stereocenters. The van der Waals surface area contributed by atoms with E-state index in [0.717, 1.165) is 15.0 Å². The van der Waals surface area contributed by atoms with Crippen LogP contribution in [0.2, 0.25) is 5.28 Å². The van der Waals surface area contributed by atoms with E-state index in [1.165, 1.54) is 12.1 Å². The van der Waals surface area contributed by atoms with Gasteiger partial charge in [-0.2, -0.15) is 0 Å². The lowest BCUT2D eigenvalue weighted by Gasteiger charge is -2.08. The van der Waals surface area contributed by atoms with Gasteiger partial charge in [-0.1, -0.05) is 0 Å². The Balaban J connectivity index is 2.31. The first-order valence-corrected chi connectivity index (χ1v) is 6.23. The quantitative estimate of drug-likeness (QED) is 0.649. The van der Waals surface area contributed by atoms with Crippen LogP contribution in [-0.2, 0) is 0 Å². The van der Waals surface area contributed by atoms with Gasteiger partial charge in [-0.15, -0.1) is 0 Å². The number of nitrogens with zero attached hydrogens (tertiary/aromatic N) is 2. The van der Waals surface area contributed by atoms with Crippen molar-refractivity contribution in [2.45, 2.75) is 6.92 Å². The van der Waals surface area contributed by atoms with Gasteiger partial charge in [0, 0.05) is 15.3 Å². The minimum atomic E-state index is -0.267. The maximum Gasteiger partial charge on any atom is 0.224 e. The van der Waals surface area contributed by atoms with E-state index in [2.05, 4.69) is 37.9 Å². The topological polar surface area (TPSA) is 37.8 Å². The molecule has 0 saturated carbocycles. The third-order valence-electron chi connectivity index (χ3n) is 2.02. The van der Waals surface area contributed by atoms with Gasteiger partial charge in [-0.25, -0.2) is 14.4 Å². The molecule has 2 rings (SSSR count). The fourth-order valence-corrected chi connectivity index (χ4v) is 2.16. The van der Waals surface area contributed by atoms with E-state index >= 15 is 0 Å². The molecule has 0 aliphatic rings. The highest BCUT2D eigenvalue weighted by molar-refractivity contribution is 14.1. The Morgan fingerprint density at radius 2 is 2.06 bits per heavy atom. The van der Waals surface area contributed by atoms with Crippen LogP contribution in [0.25, 0.3) is 0 Å². The number of rotatable bonds is 2. The summed E-state index contributed by atoms with van der Waals surface area (Å²) >= 11 is 7.81. The second-order valence-electron chi connectivity index (χ2n) is 3.41. The molecule has 0 aliphatic carbocycles. The fraction of sp³-hybridized carbons (Fsp3) is 0.0909. The molecular formula is C11H8ClFIN3. The van der Waals surface area contributed by atoms with E-state index in [0.29, 0.717) is 5.82 Å². The maximum atomic E-state index is 12.9. The van der Waals surface area contributed by atoms with E-state index in [1.54, 1.807) is 12.1 Å². The number of hydrogen-bond acceptors (Lipinski definition) is 3. The van der Waals surface area contributed by atoms with Crippen molar-refractivity contribution in [2.24, 2.45) is 0 Å². The minimum absolute atomic E-state index is 0.185. The molecule has 0 unspecified atom stereocenters. The lowest BCUT2D eigenvalue weighted by Crippen LogP contribution is -1.98. The summed E-state index contributed by atoms with van der Waals surface area (Å²) in [6.45, 7) is 1.83. The molecule has 0 fully saturated rings. The number of anilines is 2. The molecule has 1 aromatic carbocycles. The SMILES string of the molecule is Cc1cc(Nc2ccc(F)cc2I)nc(Cl)n1. The third-order valence-corrected chi connectivity index (χ3v) is 3.08. The average Bonchev–Trinajstić information content (AvgIpc) is 2.21. The Kier molecular flexibility index (Phi) is 3.78. The highest BCUT2D eigenvalue weighted by Crippen LogP contribution is 2.23. The predicted molar refractivity (Wildman–Crippen MR) is 74.2 cm³/mol. The number of hydrogen-bond donors (Lipinski definition) is 1. The van der Waals surface area contributed by atoms with Gasteiger partial charge in [0.1, 0.15) is 11.6 Å². The van der Waals surface area contributed by atoms with E-state index in [1.807, 2.05) is 6.92 Å². The molecule has 0 bridgehead atoms. The van der Waals surface area contributed by atoms with Gasteiger partial charge in [-0.05, 0) is 59.3 Å². The lowest BCUT2D eigenvalue weighted by molar-refractivity contribution is 0.627. The standard InChI is InChI=1S/C11H8ClFIN3/c1-6-4-10(17-11(12)15-6)16-9-3-2-7(13)5-8(9)14/h2-5H,1H3,(H,15,16,17). The first-order valence-electron chi connectivity index (χ1n) is 4.78. The molecule has 1 aromatic heterocycles. The summed E-state index contributed by atoms with van der Waals surface area (Å²) in [6, 6.07) is 6.26. The first kappa shape index (κ1) is 12.5. The Bertz CT molecular complexity index is 542. The van der Waals surface area contributed by atoms with Crippen LogP contribution in [0.3, 0.4) is 0 Å². The van der Waals surface area contributed by atoms with Crippen molar-refractivity contribution in [2.75, 3.05) is 5.32 Å². The zero-order chi connectivity index (χ0) is 12.4. The van der Waals surface area contributed by atoms with Crippen molar-refractivity contribution >= 4 is 45.7 Å². The van der Waals surface area contributed by atoms with Crippen LogP contribution >= 0.6 is 34.2 Å². The van der Waals surface area contributed by atoms with E-state index in [4.69, 9.17) is 11.6 Å². The maximum absolute atomic E-state index is 12.9. The van der Waals surface area contributed by atoms with E-state index in [-0.39, 0.29) is 11.1 Å². The number of benzene rings is 1. The van der Waals surface area contributed by atoms with Gasteiger partial charge in [0.05, 0.1) is 5.69 Å². The predicted octanol–water partition coefficient (Wildman–Crippen LogP) is 3.93. The summed E-state index contributed by atoms with van der Waals surface area (Å²) < 4.78 is 13.7. The highest BCUT2D eigenvalue weighted by atomic mass is 127. The molecule has 0 spiro atoms.